The van der Waals surface area contributed by atoms with Gasteiger partial charge in [0.25, 0.3) is 5.91 Å². The van der Waals surface area contributed by atoms with Gasteiger partial charge in [-0.05, 0) is 55.0 Å². The van der Waals surface area contributed by atoms with E-state index in [9.17, 15) is 24.3 Å². The number of allylic oxidation sites excluding steroid dienone is 1. The number of anilines is 1. The third-order valence-electron chi connectivity index (χ3n) is 9.76. The van der Waals surface area contributed by atoms with E-state index in [2.05, 4.69) is 18.5 Å². The Morgan fingerprint density at radius 2 is 1.85 bits per heavy atom. The number of esters is 1. The standard InChI is InChI=1S/C37H44ClN3O7/c1-5-7-13-30(43)39-21-29(24-11-9-8-10-12-24)47-36(46)31-28-18-19-37(48-28)32(31)34(44)41(27(22-42)23(3)4)33(37)35(45)40(20-6-2)26-16-14-25(38)15-17-26/h5-6,8-12,14-17,23,27-29,31-33,42H,1-2,7,13,18-22H2,3-4H3,(H,39,43)/t27-,28-,29+,31+,32+,33-,37+/m0/s1. The number of rotatable bonds is 15. The molecule has 5 rings (SSSR count). The second kappa shape index (κ2) is 15.1. The lowest BCUT2D eigenvalue weighted by Gasteiger charge is -2.40. The maximum atomic E-state index is 14.7. The van der Waals surface area contributed by atoms with Crippen molar-refractivity contribution in [2.75, 3.05) is 24.6 Å². The van der Waals surface area contributed by atoms with E-state index < -0.39 is 59.5 Å². The largest absolute Gasteiger partial charge is 0.455 e. The van der Waals surface area contributed by atoms with Gasteiger partial charge in [0.2, 0.25) is 11.8 Å². The van der Waals surface area contributed by atoms with E-state index in [1.165, 1.54) is 9.80 Å². The number of hydrogen-bond donors (Lipinski definition) is 2. The van der Waals surface area contributed by atoms with Crippen LogP contribution in [0, 0.1) is 17.8 Å². The van der Waals surface area contributed by atoms with Crippen LogP contribution >= 0.6 is 11.6 Å². The monoisotopic (exact) mass is 677 g/mol. The van der Waals surface area contributed by atoms with Crippen LogP contribution < -0.4 is 10.2 Å². The molecule has 3 amide bonds. The van der Waals surface area contributed by atoms with E-state index in [1.807, 2.05) is 44.2 Å². The molecule has 1 spiro atoms. The Bertz CT molecular complexity index is 1520. The summed E-state index contributed by atoms with van der Waals surface area (Å²) in [5.41, 5.74) is -0.0621. The number of nitrogens with zero attached hydrogens (tertiary/aromatic N) is 2. The predicted molar refractivity (Wildman–Crippen MR) is 182 cm³/mol. The number of carbonyl (C=O) groups excluding carboxylic acids is 4. The lowest BCUT2D eigenvalue weighted by atomic mass is 9.70. The van der Waals surface area contributed by atoms with Crippen molar-refractivity contribution in [3.63, 3.8) is 0 Å². The van der Waals surface area contributed by atoms with Crippen LogP contribution in [0.5, 0.6) is 0 Å². The van der Waals surface area contributed by atoms with Gasteiger partial charge in [-0.2, -0.15) is 0 Å². The lowest BCUT2D eigenvalue weighted by molar-refractivity contribution is -0.161. The van der Waals surface area contributed by atoms with Gasteiger partial charge in [-0.3, -0.25) is 19.2 Å². The molecule has 3 heterocycles. The second-order valence-electron chi connectivity index (χ2n) is 13.0. The number of nitrogens with one attached hydrogen (secondary N) is 1. The van der Waals surface area contributed by atoms with Crippen molar-refractivity contribution in [3.05, 3.63) is 90.5 Å². The van der Waals surface area contributed by atoms with E-state index in [1.54, 1.807) is 36.4 Å². The van der Waals surface area contributed by atoms with Crippen LogP contribution in [0.25, 0.3) is 0 Å². The Labute approximate surface area is 286 Å². The van der Waals surface area contributed by atoms with Gasteiger partial charge < -0.3 is 29.7 Å². The van der Waals surface area contributed by atoms with Gasteiger partial charge in [-0.15, -0.1) is 13.2 Å². The maximum absolute atomic E-state index is 14.7. The Morgan fingerprint density at radius 1 is 1.15 bits per heavy atom. The van der Waals surface area contributed by atoms with E-state index in [0.29, 0.717) is 35.5 Å². The van der Waals surface area contributed by atoms with E-state index in [0.717, 1.165) is 0 Å². The molecule has 0 aromatic heterocycles. The summed E-state index contributed by atoms with van der Waals surface area (Å²) in [7, 11) is 0. The molecule has 256 valence electrons. The van der Waals surface area contributed by atoms with E-state index in [-0.39, 0.29) is 37.9 Å². The van der Waals surface area contributed by atoms with Crippen molar-refractivity contribution >= 4 is 41.0 Å². The summed E-state index contributed by atoms with van der Waals surface area (Å²) in [6.07, 6.45) is 3.39. The molecule has 3 aliphatic heterocycles. The Kier molecular flexibility index (Phi) is 11.1. The third-order valence-corrected chi connectivity index (χ3v) is 10.0. The quantitative estimate of drug-likeness (QED) is 0.208. The highest BCUT2D eigenvalue weighted by Gasteiger charge is 2.76. The first-order valence-corrected chi connectivity index (χ1v) is 16.9. The van der Waals surface area contributed by atoms with Gasteiger partial charge >= 0.3 is 5.97 Å². The van der Waals surface area contributed by atoms with Crippen LogP contribution in [0.2, 0.25) is 5.02 Å². The fraction of sp³-hybridized carbons (Fsp3) is 0.459. The van der Waals surface area contributed by atoms with Gasteiger partial charge in [0, 0.05) is 23.7 Å². The van der Waals surface area contributed by atoms with Crippen LogP contribution in [0.15, 0.2) is 79.9 Å². The molecule has 48 heavy (non-hydrogen) atoms. The Balaban J connectivity index is 1.49. The third kappa shape index (κ3) is 6.66. The fourth-order valence-corrected chi connectivity index (χ4v) is 7.60. The van der Waals surface area contributed by atoms with Gasteiger partial charge in [-0.1, -0.05) is 67.9 Å². The number of benzene rings is 2. The molecule has 3 saturated heterocycles. The zero-order chi connectivity index (χ0) is 34.6. The second-order valence-corrected chi connectivity index (χ2v) is 13.4. The minimum atomic E-state index is -1.31. The molecule has 10 nitrogen and oxygen atoms in total. The van der Waals surface area contributed by atoms with Crippen LogP contribution in [0.1, 0.15) is 51.2 Å². The average Bonchev–Trinajstić information content (AvgIpc) is 3.73. The molecule has 2 aromatic carbocycles. The molecule has 2 bridgehead atoms. The molecule has 11 heteroatoms. The number of hydrogen-bond acceptors (Lipinski definition) is 7. The number of ether oxygens (including phenoxy) is 2. The first kappa shape index (κ1) is 35.3. The molecule has 0 unspecified atom stereocenters. The summed E-state index contributed by atoms with van der Waals surface area (Å²) in [5.74, 6) is -3.84. The van der Waals surface area contributed by atoms with Gasteiger partial charge in [0.15, 0.2) is 0 Å². The van der Waals surface area contributed by atoms with Crippen molar-refractivity contribution in [2.45, 2.75) is 69.4 Å². The number of carbonyl (C=O) groups is 4. The van der Waals surface area contributed by atoms with Crippen LogP contribution in [-0.4, -0.2) is 77.2 Å². The SMILES string of the molecule is C=CCCC(=O)NC[C@@H](OC(=O)[C@@H]1[C@@H]2CC[C@]3(O2)[C@H](C(=O)N(CC=C)c2ccc(Cl)cc2)N([C@@H](CO)C(C)C)C(=O)[C@@H]13)c1ccccc1. The first-order valence-electron chi connectivity index (χ1n) is 16.5. The van der Waals surface area contributed by atoms with Crippen molar-refractivity contribution in [1.82, 2.24) is 10.2 Å². The Hall–Kier alpha value is -3.99. The maximum Gasteiger partial charge on any atom is 0.313 e. The van der Waals surface area contributed by atoms with Crippen molar-refractivity contribution < 1.29 is 33.8 Å². The summed E-state index contributed by atoms with van der Waals surface area (Å²) < 4.78 is 12.7. The number of fused-ring (bicyclic) bond motifs is 1. The molecule has 0 radical (unpaired) electrons. The highest BCUT2D eigenvalue weighted by Crippen LogP contribution is 2.59. The van der Waals surface area contributed by atoms with Crippen LogP contribution in [0.3, 0.4) is 0 Å². The average molecular weight is 678 g/mol. The van der Waals surface area contributed by atoms with Gasteiger partial charge in [0.05, 0.1) is 37.1 Å². The molecule has 2 aromatic rings. The number of halogens is 1. The molecule has 0 aliphatic carbocycles. The normalized spacial score (nSPS) is 25.4. The first-order chi connectivity index (χ1) is 23.1. The molecule has 3 aliphatic rings. The van der Waals surface area contributed by atoms with Crippen molar-refractivity contribution in [1.29, 1.82) is 0 Å². The predicted octanol–water partition coefficient (Wildman–Crippen LogP) is 4.62. The van der Waals surface area contributed by atoms with Crippen LogP contribution in [0.4, 0.5) is 5.69 Å². The van der Waals surface area contributed by atoms with E-state index >= 15 is 0 Å². The number of likely N-dealkylation sites (tertiary alicyclic amines) is 1. The summed E-state index contributed by atoms with van der Waals surface area (Å²) in [4.78, 5) is 59.0. The Morgan fingerprint density at radius 3 is 2.48 bits per heavy atom. The zero-order valence-corrected chi connectivity index (χ0v) is 28.2. The van der Waals surface area contributed by atoms with Crippen molar-refractivity contribution in [3.8, 4) is 0 Å². The summed E-state index contributed by atoms with van der Waals surface area (Å²) in [6.45, 7) is 11.1. The summed E-state index contributed by atoms with van der Waals surface area (Å²) >= 11 is 6.14. The molecule has 2 N–H and O–H groups in total. The van der Waals surface area contributed by atoms with Crippen molar-refractivity contribution in [2.24, 2.45) is 17.8 Å². The topological polar surface area (TPSA) is 125 Å². The molecular formula is C37H44ClN3O7. The van der Waals surface area contributed by atoms with E-state index in [4.69, 9.17) is 21.1 Å². The summed E-state index contributed by atoms with van der Waals surface area (Å²) in [6, 6.07) is 14.1. The molecular weight excluding hydrogens is 634 g/mol. The summed E-state index contributed by atoms with van der Waals surface area (Å²) in [5, 5.41) is 13.9. The van der Waals surface area contributed by atoms with Gasteiger partial charge in [-0.25, -0.2) is 0 Å². The molecule has 0 saturated carbocycles. The minimum Gasteiger partial charge on any atom is -0.455 e. The number of aliphatic hydroxyl groups is 1. The minimum absolute atomic E-state index is 0.0402. The fourth-order valence-electron chi connectivity index (χ4n) is 7.48. The zero-order valence-electron chi connectivity index (χ0n) is 27.4. The lowest BCUT2D eigenvalue weighted by Crippen LogP contribution is -2.59. The van der Waals surface area contributed by atoms with Gasteiger partial charge in [0.1, 0.15) is 17.7 Å². The highest BCUT2D eigenvalue weighted by molar-refractivity contribution is 6.30. The number of aliphatic hydroxyl groups excluding tert-OH is 1. The highest BCUT2D eigenvalue weighted by atomic mass is 35.5. The molecule has 7 atom stereocenters. The van der Waals surface area contributed by atoms with Crippen LogP contribution in [-0.2, 0) is 28.7 Å². The number of amides is 3. The molecule has 3 fully saturated rings. The smallest absolute Gasteiger partial charge is 0.313 e.